The Balaban J connectivity index is 1.25. The monoisotopic (exact) mass is 518 g/mol. The Kier molecular flexibility index (Phi) is 6.85. The van der Waals surface area contributed by atoms with Crippen molar-refractivity contribution in [1.82, 2.24) is 10.2 Å². The molecule has 0 spiro atoms. The average Bonchev–Trinajstić information content (AvgIpc) is 3.41. The van der Waals surface area contributed by atoms with E-state index in [2.05, 4.69) is 36.8 Å². The van der Waals surface area contributed by atoms with Crippen molar-refractivity contribution in [1.29, 1.82) is 0 Å². The van der Waals surface area contributed by atoms with Crippen LogP contribution >= 0.6 is 39.0 Å². The van der Waals surface area contributed by atoms with Gasteiger partial charge in [-0.15, -0.1) is 10.2 Å². The molecular formula is C20H15BrN4O4S2. The number of nitrogens with one attached hydrogen (secondary N) is 2. The van der Waals surface area contributed by atoms with Crippen molar-refractivity contribution in [2.45, 2.75) is 4.34 Å². The van der Waals surface area contributed by atoms with E-state index in [0.29, 0.717) is 26.7 Å². The number of hydrogen-bond acceptors (Lipinski definition) is 8. The number of thioether (sulfide) groups is 1. The van der Waals surface area contributed by atoms with Crippen molar-refractivity contribution in [3.8, 4) is 11.5 Å². The maximum Gasteiger partial charge on any atom is 0.250 e. The summed E-state index contributed by atoms with van der Waals surface area (Å²) in [6, 6.07) is 12.7. The summed E-state index contributed by atoms with van der Waals surface area (Å²) < 4.78 is 12.1. The number of carbonyl (C=O) groups excluding carboxylic acids is 2. The number of nitrogens with zero attached hydrogens (tertiary/aromatic N) is 2. The summed E-state index contributed by atoms with van der Waals surface area (Å²) >= 11 is 5.80. The zero-order chi connectivity index (χ0) is 21.6. The molecule has 0 saturated heterocycles. The first-order valence-electron chi connectivity index (χ1n) is 8.95. The van der Waals surface area contributed by atoms with E-state index in [1.54, 1.807) is 18.2 Å². The minimum atomic E-state index is -0.335. The van der Waals surface area contributed by atoms with Crippen molar-refractivity contribution in [2.24, 2.45) is 0 Å². The van der Waals surface area contributed by atoms with Gasteiger partial charge in [0.25, 0.3) is 0 Å². The number of aromatic nitrogens is 2. The van der Waals surface area contributed by atoms with Gasteiger partial charge in [0.15, 0.2) is 15.8 Å². The predicted molar refractivity (Wildman–Crippen MR) is 124 cm³/mol. The van der Waals surface area contributed by atoms with Crippen molar-refractivity contribution < 1.29 is 19.1 Å². The number of anilines is 2. The van der Waals surface area contributed by atoms with Gasteiger partial charge in [-0.2, -0.15) is 0 Å². The van der Waals surface area contributed by atoms with Crippen LogP contribution in [0, 0.1) is 0 Å². The lowest BCUT2D eigenvalue weighted by atomic mass is 10.2. The standard InChI is InChI=1S/C20H15BrN4O4S2/c21-13-3-5-14(6-4-13)22-18(27)10-30-20-25-24-19(31-20)23-17(26)8-2-12-1-7-15-16(9-12)29-11-28-15/h1-9H,10-11H2,(H,22,27)(H,23,24,26)/b8-2-. The van der Waals surface area contributed by atoms with Crippen molar-refractivity contribution >= 4 is 67.7 Å². The van der Waals surface area contributed by atoms with Crippen LogP contribution in [0.1, 0.15) is 5.56 Å². The molecule has 11 heteroatoms. The Morgan fingerprint density at radius 1 is 1.10 bits per heavy atom. The first-order chi connectivity index (χ1) is 15.0. The smallest absolute Gasteiger partial charge is 0.250 e. The summed E-state index contributed by atoms with van der Waals surface area (Å²) in [5, 5.41) is 13.8. The Bertz CT molecular complexity index is 1130. The van der Waals surface area contributed by atoms with E-state index in [-0.39, 0.29) is 24.4 Å². The summed E-state index contributed by atoms with van der Waals surface area (Å²) in [4.78, 5) is 24.2. The van der Waals surface area contributed by atoms with Gasteiger partial charge in [-0.3, -0.25) is 14.9 Å². The van der Waals surface area contributed by atoms with Gasteiger partial charge >= 0.3 is 0 Å². The summed E-state index contributed by atoms with van der Waals surface area (Å²) in [6.07, 6.45) is 3.07. The second kappa shape index (κ2) is 9.94. The number of hydrogen-bond donors (Lipinski definition) is 2. The van der Waals surface area contributed by atoms with Crippen LogP contribution in [-0.4, -0.2) is 34.6 Å². The number of halogens is 1. The Morgan fingerprint density at radius 3 is 2.74 bits per heavy atom. The van der Waals surface area contributed by atoms with Gasteiger partial charge in [-0.05, 0) is 48.0 Å². The van der Waals surface area contributed by atoms with E-state index < -0.39 is 0 Å². The summed E-state index contributed by atoms with van der Waals surface area (Å²) in [5.74, 6) is 1.03. The van der Waals surface area contributed by atoms with Crippen molar-refractivity contribution in [3.63, 3.8) is 0 Å². The normalized spacial score (nSPS) is 12.2. The largest absolute Gasteiger partial charge is 0.454 e. The first-order valence-corrected chi connectivity index (χ1v) is 11.5. The Morgan fingerprint density at radius 2 is 1.90 bits per heavy atom. The van der Waals surface area contributed by atoms with Gasteiger partial charge < -0.3 is 14.8 Å². The molecule has 1 aliphatic rings. The number of carbonyl (C=O) groups is 2. The fourth-order valence-corrected chi connectivity index (χ4v) is 4.33. The first kappa shape index (κ1) is 21.3. The number of benzene rings is 2. The second-order valence-corrected chi connectivity index (χ2v) is 9.27. The van der Waals surface area contributed by atoms with Crippen LogP contribution in [0.25, 0.3) is 6.08 Å². The van der Waals surface area contributed by atoms with E-state index in [1.807, 2.05) is 30.3 Å². The minimum absolute atomic E-state index is 0.153. The average molecular weight is 519 g/mol. The quantitative estimate of drug-likeness (QED) is 0.271. The highest BCUT2D eigenvalue weighted by Crippen LogP contribution is 2.32. The maximum atomic E-state index is 12.1. The van der Waals surface area contributed by atoms with Gasteiger partial charge in [0, 0.05) is 16.2 Å². The van der Waals surface area contributed by atoms with Gasteiger partial charge in [0.1, 0.15) is 0 Å². The van der Waals surface area contributed by atoms with E-state index in [0.717, 1.165) is 10.0 Å². The van der Waals surface area contributed by atoms with Crippen LogP contribution in [0.3, 0.4) is 0 Å². The van der Waals surface area contributed by atoms with Crippen LogP contribution in [0.4, 0.5) is 10.8 Å². The number of ether oxygens (including phenoxy) is 2. The molecule has 2 amide bonds. The minimum Gasteiger partial charge on any atom is -0.454 e. The zero-order valence-corrected chi connectivity index (χ0v) is 19.1. The Labute approximate surface area is 194 Å². The molecule has 2 aromatic carbocycles. The van der Waals surface area contributed by atoms with E-state index in [9.17, 15) is 9.59 Å². The molecule has 0 atom stereocenters. The third-order valence-electron chi connectivity index (χ3n) is 3.92. The van der Waals surface area contributed by atoms with E-state index in [4.69, 9.17) is 9.47 Å². The van der Waals surface area contributed by atoms with Crippen LogP contribution in [-0.2, 0) is 9.59 Å². The van der Waals surface area contributed by atoms with Gasteiger partial charge in [-0.1, -0.05) is 45.1 Å². The lowest BCUT2D eigenvalue weighted by Gasteiger charge is -2.03. The fraction of sp³-hybridized carbons (Fsp3) is 0.100. The highest BCUT2D eigenvalue weighted by molar-refractivity contribution is 9.10. The molecular weight excluding hydrogens is 504 g/mol. The van der Waals surface area contributed by atoms with Crippen LogP contribution in [0.5, 0.6) is 11.5 Å². The highest BCUT2D eigenvalue weighted by atomic mass is 79.9. The molecule has 0 saturated carbocycles. The number of amides is 2. The third-order valence-corrected chi connectivity index (χ3v) is 6.42. The predicted octanol–water partition coefficient (Wildman–Crippen LogP) is 4.41. The molecule has 31 heavy (non-hydrogen) atoms. The molecule has 0 radical (unpaired) electrons. The van der Waals surface area contributed by atoms with Gasteiger partial charge in [-0.25, -0.2) is 0 Å². The summed E-state index contributed by atoms with van der Waals surface area (Å²) in [7, 11) is 0. The van der Waals surface area contributed by atoms with Crippen LogP contribution in [0.15, 0.2) is 57.4 Å². The molecule has 0 unspecified atom stereocenters. The zero-order valence-electron chi connectivity index (χ0n) is 15.8. The molecule has 2 N–H and O–H groups in total. The maximum absolute atomic E-state index is 12.1. The number of fused-ring (bicyclic) bond motifs is 1. The molecule has 3 aromatic rings. The molecule has 4 rings (SSSR count). The molecule has 1 aromatic heterocycles. The number of rotatable bonds is 7. The summed E-state index contributed by atoms with van der Waals surface area (Å²) in [5.41, 5.74) is 1.53. The lowest BCUT2D eigenvalue weighted by molar-refractivity contribution is -0.114. The molecule has 0 aliphatic carbocycles. The SMILES string of the molecule is O=C(/C=C\c1ccc2c(c1)OCO2)Nc1nnc(SCC(=O)Nc2ccc(Br)cc2)s1. The lowest BCUT2D eigenvalue weighted by Crippen LogP contribution is -2.13. The van der Waals surface area contributed by atoms with E-state index >= 15 is 0 Å². The third kappa shape index (κ3) is 6.06. The Hall–Kier alpha value is -2.89. The van der Waals surface area contributed by atoms with Crippen molar-refractivity contribution in [2.75, 3.05) is 23.2 Å². The van der Waals surface area contributed by atoms with Crippen LogP contribution < -0.4 is 20.1 Å². The van der Waals surface area contributed by atoms with Gasteiger partial charge in [0.05, 0.1) is 5.75 Å². The molecule has 158 valence electrons. The fourth-order valence-electron chi connectivity index (χ4n) is 2.51. The molecule has 0 bridgehead atoms. The van der Waals surface area contributed by atoms with Crippen molar-refractivity contribution in [3.05, 3.63) is 58.6 Å². The molecule has 8 nitrogen and oxygen atoms in total. The van der Waals surface area contributed by atoms with E-state index in [1.165, 1.54) is 29.2 Å². The molecule has 0 fully saturated rings. The topological polar surface area (TPSA) is 102 Å². The van der Waals surface area contributed by atoms with Gasteiger partial charge in [0.2, 0.25) is 23.7 Å². The highest BCUT2D eigenvalue weighted by Gasteiger charge is 2.13. The van der Waals surface area contributed by atoms with Crippen LogP contribution in [0.2, 0.25) is 0 Å². The molecule has 1 aliphatic heterocycles. The second-order valence-electron chi connectivity index (χ2n) is 6.15. The summed E-state index contributed by atoms with van der Waals surface area (Å²) in [6.45, 7) is 0.201. The molecule has 2 heterocycles.